The van der Waals surface area contributed by atoms with Crippen LogP contribution in [0.15, 0.2) is 34.5 Å². The number of thioether (sulfide) groups is 1. The van der Waals surface area contributed by atoms with E-state index >= 15 is 0 Å². The Kier molecular flexibility index (Phi) is 7.24. The lowest BCUT2D eigenvalue weighted by atomic mass is 10.1. The van der Waals surface area contributed by atoms with E-state index in [9.17, 15) is 9.59 Å². The van der Waals surface area contributed by atoms with Crippen molar-refractivity contribution in [2.45, 2.75) is 57.1 Å². The number of nitrogens with one attached hydrogen (secondary N) is 2. The van der Waals surface area contributed by atoms with Crippen LogP contribution < -0.4 is 11.0 Å². The Balaban J connectivity index is 2.05. The molecule has 0 saturated carbocycles. The van der Waals surface area contributed by atoms with Crippen molar-refractivity contribution in [1.29, 1.82) is 0 Å². The number of carbonyl (C=O) groups excluding carboxylic acids is 1. The van der Waals surface area contributed by atoms with E-state index in [1.807, 2.05) is 26.0 Å². The van der Waals surface area contributed by atoms with E-state index in [0.717, 1.165) is 18.4 Å². The van der Waals surface area contributed by atoms with Crippen LogP contribution in [0.4, 0.5) is 0 Å². The van der Waals surface area contributed by atoms with Crippen LogP contribution in [0, 0.1) is 5.92 Å². The van der Waals surface area contributed by atoms with Crippen molar-refractivity contribution in [2.24, 2.45) is 5.92 Å². The normalized spacial score (nSPS) is 12.3. The van der Waals surface area contributed by atoms with Crippen LogP contribution >= 0.6 is 11.8 Å². The monoisotopic (exact) mass is 363 g/mol. The number of amides is 1. The smallest absolute Gasteiger partial charge is 0.343 e. The third-order valence-electron chi connectivity index (χ3n) is 3.74. The predicted octanol–water partition coefficient (Wildman–Crippen LogP) is 2.20. The van der Waals surface area contributed by atoms with Gasteiger partial charge in [-0.25, -0.2) is 9.89 Å². The first-order valence-electron chi connectivity index (χ1n) is 8.51. The van der Waals surface area contributed by atoms with Gasteiger partial charge in [-0.2, -0.15) is 0 Å². The molecule has 2 N–H and O–H groups in total. The van der Waals surface area contributed by atoms with E-state index in [2.05, 4.69) is 27.4 Å². The first-order chi connectivity index (χ1) is 12.0. The zero-order chi connectivity index (χ0) is 18.2. The molecule has 136 valence electrons. The van der Waals surface area contributed by atoms with Crippen molar-refractivity contribution in [1.82, 2.24) is 25.1 Å². The van der Waals surface area contributed by atoms with E-state index in [0.29, 0.717) is 18.2 Å². The van der Waals surface area contributed by atoms with Crippen molar-refractivity contribution in [3.05, 3.63) is 40.6 Å². The highest BCUT2D eigenvalue weighted by molar-refractivity contribution is 8.00. The zero-order valence-electron chi connectivity index (χ0n) is 14.9. The van der Waals surface area contributed by atoms with Gasteiger partial charge in [-0.3, -0.25) is 14.3 Å². The van der Waals surface area contributed by atoms with Crippen molar-refractivity contribution < 1.29 is 4.79 Å². The average molecular weight is 363 g/mol. The summed E-state index contributed by atoms with van der Waals surface area (Å²) in [5.74, 6) is 0.0340. The molecule has 0 aliphatic carbocycles. The Morgan fingerprint density at radius 3 is 2.88 bits per heavy atom. The summed E-state index contributed by atoms with van der Waals surface area (Å²) in [7, 11) is 0. The van der Waals surface area contributed by atoms with Gasteiger partial charge in [0.25, 0.3) is 0 Å². The van der Waals surface area contributed by atoms with Crippen LogP contribution in [0.5, 0.6) is 0 Å². The SMILES string of the molecule is CCCCn1c(S[C@@H](C(=O)NCc2cccnc2)C(C)C)n[nH]c1=O. The van der Waals surface area contributed by atoms with Gasteiger partial charge in [0, 0.05) is 25.5 Å². The highest BCUT2D eigenvalue weighted by Crippen LogP contribution is 2.26. The standard InChI is InChI=1S/C17H25N5O2S/c1-4-5-9-22-16(24)20-21-17(22)25-14(12(2)3)15(23)19-11-13-7-6-8-18-10-13/h6-8,10,12,14H,4-5,9,11H2,1-3H3,(H,19,23)(H,20,24)/t14-/m1/s1. The summed E-state index contributed by atoms with van der Waals surface area (Å²) >= 11 is 1.33. The molecule has 7 nitrogen and oxygen atoms in total. The van der Waals surface area contributed by atoms with Crippen molar-refractivity contribution >= 4 is 17.7 Å². The fourth-order valence-corrected chi connectivity index (χ4v) is 3.39. The van der Waals surface area contributed by atoms with Crippen LogP contribution in [0.1, 0.15) is 39.2 Å². The van der Waals surface area contributed by atoms with E-state index in [1.165, 1.54) is 11.8 Å². The Bertz CT molecular complexity index is 726. The number of unbranched alkanes of at least 4 members (excludes halogenated alkanes) is 1. The molecule has 0 fully saturated rings. The molecule has 25 heavy (non-hydrogen) atoms. The van der Waals surface area contributed by atoms with E-state index in [4.69, 9.17) is 0 Å². The number of nitrogens with zero attached hydrogens (tertiary/aromatic N) is 3. The summed E-state index contributed by atoms with van der Waals surface area (Å²) in [5.41, 5.74) is 0.720. The van der Waals surface area contributed by atoms with Gasteiger partial charge in [-0.1, -0.05) is 45.0 Å². The number of H-pyrrole nitrogens is 1. The molecule has 1 atom stereocenters. The number of hydrogen-bond donors (Lipinski definition) is 2. The average Bonchev–Trinajstić information content (AvgIpc) is 2.96. The third-order valence-corrected chi connectivity index (χ3v) is 5.28. The molecular formula is C17H25N5O2S. The fraction of sp³-hybridized carbons (Fsp3) is 0.529. The quantitative estimate of drug-likeness (QED) is 0.666. The van der Waals surface area contributed by atoms with Crippen LogP contribution in [0.2, 0.25) is 0 Å². The van der Waals surface area contributed by atoms with Crippen molar-refractivity contribution in [3.63, 3.8) is 0 Å². The summed E-state index contributed by atoms with van der Waals surface area (Å²) in [6.07, 6.45) is 5.31. The number of rotatable bonds is 9. The number of aromatic amines is 1. The number of pyridine rings is 1. The molecule has 0 aromatic carbocycles. The molecule has 0 aliphatic rings. The van der Waals surface area contributed by atoms with Crippen LogP contribution in [0.25, 0.3) is 0 Å². The molecular weight excluding hydrogens is 338 g/mol. The number of aromatic nitrogens is 4. The molecule has 0 spiro atoms. The second-order valence-electron chi connectivity index (χ2n) is 6.18. The van der Waals surface area contributed by atoms with Crippen LogP contribution in [-0.2, 0) is 17.9 Å². The minimum Gasteiger partial charge on any atom is -0.351 e. The highest BCUT2D eigenvalue weighted by Gasteiger charge is 2.26. The summed E-state index contributed by atoms with van der Waals surface area (Å²) in [4.78, 5) is 28.6. The fourth-order valence-electron chi connectivity index (χ4n) is 2.30. The molecule has 0 bridgehead atoms. The topological polar surface area (TPSA) is 92.7 Å². The lowest BCUT2D eigenvalue weighted by Crippen LogP contribution is -2.35. The van der Waals surface area contributed by atoms with Crippen molar-refractivity contribution in [2.75, 3.05) is 0 Å². The van der Waals surface area contributed by atoms with Crippen LogP contribution in [0.3, 0.4) is 0 Å². The number of carbonyl (C=O) groups is 1. The van der Waals surface area contributed by atoms with E-state index in [1.54, 1.807) is 17.0 Å². The molecule has 2 rings (SSSR count). The molecule has 8 heteroatoms. The van der Waals surface area contributed by atoms with E-state index < -0.39 is 0 Å². The van der Waals surface area contributed by atoms with Gasteiger partial charge in [0.1, 0.15) is 0 Å². The Morgan fingerprint density at radius 1 is 1.44 bits per heavy atom. The summed E-state index contributed by atoms with van der Waals surface area (Å²) < 4.78 is 1.61. The second-order valence-corrected chi connectivity index (χ2v) is 7.29. The van der Waals surface area contributed by atoms with Crippen molar-refractivity contribution in [3.8, 4) is 0 Å². The molecule has 0 radical (unpaired) electrons. The molecule has 0 unspecified atom stereocenters. The molecule has 1 amide bonds. The molecule has 0 aliphatic heterocycles. The van der Waals surface area contributed by atoms with E-state index in [-0.39, 0.29) is 22.8 Å². The molecule has 0 saturated heterocycles. The van der Waals surface area contributed by atoms with Gasteiger partial charge in [-0.05, 0) is 24.0 Å². The predicted molar refractivity (Wildman–Crippen MR) is 98.3 cm³/mol. The molecule has 2 aromatic heterocycles. The minimum atomic E-state index is -0.327. The van der Waals surface area contributed by atoms with Gasteiger partial charge < -0.3 is 5.32 Å². The lowest BCUT2D eigenvalue weighted by Gasteiger charge is -2.19. The first kappa shape index (κ1) is 19.2. The second kappa shape index (κ2) is 9.41. The van der Waals surface area contributed by atoms with Gasteiger partial charge >= 0.3 is 5.69 Å². The minimum absolute atomic E-state index is 0.0682. The Labute approximate surface area is 151 Å². The Hall–Kier alpha value is -2.09. The maximum absolute atomic E-state index is 12.6. The van der Waals surface area contributed by atoms with Gasteiger partial charge in [-0.15, -0.1) is 5.10 Å². The lowest BCUT2D eigenvalue weighted by molar-refractivity contribution is -0.121. The molecule has 2 heterocycles. The van der Waals surface area contributed by atoms with Crippen LogP contribution in [-0.4, -0.2) is 30.9 Å². The number of hydrogen-bond acceptors (Lipinski definition) is 5. The highest BCUT2D eigenvalue weighted by atomic mass is 32.2. The van der Waals surface area contributed by atoms with Gasteiger partial charge in [0.15, 0.2) is 5.16 Å². The maximum Gasteiger partial charge on any atom is 0.343 e. The zero-order valence-corrected chi connectivity index (χ0v) is 15.7. The summed E-state index contributed by atoms with van der Waals surface area (Å²) in [6, 6.07) is 3.76. The Morgan fingerprint density at radius 2 is 2.24 bits per heavy atom. The maximum atomic E-state index is 12.6. The third kappa shape index (κ3) is 5.45. The summed E-state index contributed by atoms with van der Waals surface area (Å²) in [5, 5.41) is 9.76. The molecule has 2 aromatic rings. The largest absolute Gasteiger partial charge is 0.351 e. The first-order valence-corrected chi connectivity index (χ1v) is 9.39. The summed E-state index contributed by atoms with van der Waals surface area (Å²) in [6.45, 7) is 7.08. The van der Waals surface area contributed by atoms with Gasteiger partial charge in [0.2, 0.25) is 5.91 Å². The van der Waals surface area contributed by atoms with Gasteiger partial charge in [0.05, 0.1) is 5.25 Å².